The molecule has 0 aliphatic carbocycles. The maximum absolute atomic E-state index is 13.2. The number of nitrogens with zero attached hydrogens (tertiary/aromatic N) is 3. The summed E-state index contributed by atoms with van der Waals surface area (Å²) >= 11 is 1.73. The molecule has 246 valence electrons. The molecule has 4 aromatic heterocycles. The summed E-state index contributed by atoms with van der Waals surface area (Å²) < 4.78 is 27.1. The van der Waals surface area contributed by atoms with Gasteiger partial charge in [-0.3, -0.25) is 13.6 Å². The average Bonchev–Trinajstić information content (AvgIpc) is 3.47. The van der Waals surface area contributed by atoms with E-state index in [1.54, 1.807) is 47.9 Å². The molecule has 0 bridgehead atoms. The number of carboxylic acid groups (broad SMARTS) is 1. The van der Waals surface area contributed by atoms with Crippen LogP contribution in [0.5, 0.6) is 0 Å². The smallest absolute Gasteiger partial charge is 0.354 e. The van der Waals surface area contributed by atoms with Crippen molar-refractivity contribution in [2.45, 2.75) is 13.8 Å². The van der Waals surface area contributed by atoms with E-state index in [1.807, 2.05) is 30.5 Å². The van der Waals surface area contributed by atoms with E-state index in [-0.39, 0.29) is 63.0 Å². The van der Waals surface area contributed by atoms with E-state index in [0.29, 0.717) is 5.69 Å². The molecule has 2 aromatic carbocycles. The number of rotatable bonds is 4. The molecule has 47 heavy (non-hydrogen) atoms. The van der Waals surface area contributed by atoms with Crippen LogP contribution >= 0.6 is 11.3 Å². The van der Waals surface area contributed by atoms with Crippen LogP contribution in [0.2, 0.25) is 0 Å². The largest absolute Gasteiger partial charge is 0.512 e. The van der Waals surface area contributed by atoms with Gasteiger partial charge in [0, 0.05) is 82.2 Å². The summed E-state index contributed by atoms with van der Waals surface area (Å²) in [4.78, 5) is 33.1. The van der Waals surface area contributed by atoms with Gasteiger partial charge in [0.15, 0.2) is 5.78 Å². The maximum Gasteiger partial charge on any atom is 0.354 e. The monoisotopic (exact) mass is 1010 g/mol. The van der Waals surface area contributed by atoms with Gasteiger partial charge in [0.1, 0.15) is 5.69 Å². The molecule has 12 heteroatoms. The molecule has 4 heterocycles. The Labute approximate surface area is 301 Å². The Kier molecular flexibility index (Phi) is 18.6. The van der Waals surface area contributed by atoms with Crippen LogP contribution in [0, 0.1) is 23.8 Å². The van der Waals surface area contributed by atoms with E-state index in [1.165, 1.54) is 42.3 Å². The number of carbonyl (C=O) groups is 2. The Morgan fingerprint density at radius 1 is 0.787 bits per heavy atom. The fourth-order valence-electron chi connectivity index (χ4n) is 3.47. The summed E-state index contributed by atoms with van der Waals surface area (Å²) in [5, 5.41) is 17.9. The Morgan fingerprint density at radius 2 is 1.36 bits per heavy atom. The summed E-state index contributed by atoms with van der Waals surface area (Å²) in [6.45, 7) is 2.85. The van der Waals surface area contributed by atoms with Crippen LogP contribution in [0.1, 0.15) is 24.3 Å². The number of carboxylic acids is 1. The molecule has 0 fully saturated rings. The van der Waals surface area contributed by atoms with Crippen LogP contribution in [-0.2, 0) is 45.0 Å². The molecule has 0 saturated carbocycles. The Hall–Kier alpha value is -4.31. The summed E-state index contributed by atoms with van der Waals surface area (Å²) in [5.41, 5.74) is 1.72. The van der Waals surface area contributed by atoms with Crippen LogP contribution < -0.4 is 0 Å². The van der Waals surface area contributed by atoms with Crippen molar-refractivity contribution in [1.29, 1.82) is 0 Å². The molecular formula is C35H27F2Ir2N3O4S-2. The summed E-state index contributed by atoms with van der Waals surface area (Å²) in [6, 6.07) is 31.9. The van der Waals surface area contributed by atoms with Crippen molar-refractivity contribution >= 4 is 33.2 Å². The van der Waals surface area contributed by atoms with Gasteiger partial charge in [-0.1, -0.05) is 54.1 Å². The van der Waals surface area contributed by atoms with E-state index in [0.717, 1.165) is 22.7 Å². The molecule has 0 aliphatic heterocycles. The minimum atomic E-state index is -0.990. The molecule has 2 N–H and O–H groups in total. The molecule has 0 spiro atoms. The molecule has 0 saturated heterocycles. The molecule has 0 amide bonds. The van der Waals surface area contributed by atoms with Gasteiger partial charge in [-0.15, -0.1) is 35.7 Å². The van der Waals surface area contributed by atoms with Crippen molar-refractivity contribution in [3.05, 3.63) is 151 Å². The molecule has 6 aromatic rings. The van der Waals surface area contributed by atoms with Crippen molar-refractivity contribution < 1.29 is 68.8 Å². The minimum absolute atomic E-state index is 0. The number of halogens is 2. The average molecular weight is 1010 g/mol. The first-order valence-corrected chi connectivity index (χ1v) is 14.1. The molecule has 0 aliphatic rings. The number of thiophene rings is 1. The van der Waals surface area contributed by atoms with Gasteiger partial charge >= 0.3 is 5.97 Å². The van der Waals surface area contributed by atoms with Crippen molar-refractivity contribution in [3.63, 3.8) is 0 Å². The third-order valence-electron chi connectivity index (χ3n) is 5.32. The predicted octanol–water partition coefficient (Wildman–Crippen LogP) is 8.40. The molecule has 0 unspecified atom stereocenters. The van der Waals surface area contributed by atoms with Gasteiger partial charge in [-0.25, -0.2) is 21.1 Å². The summed E-state index contributed by atoms with van der Waals surface area (Å²) in [5.74, 6) is -2.34. The van der Waals surface area contributed by atoms with Gasteiger partial charge in [-0.05, 0) is 53.4 Å². The zero-order chi connectivity index (χ0) is 32.6. The summed E-state index contributed by atoms with van der Waals surface area (Å²) in [6.07, 6.45) is 5.98. The van der Waals surface area contributed by atoms with E-state index in [4.69, 9.17) is 10.2 Å². The van der Waals surface area contributed by atoms with Crippen molar-refractivity contribution in [2.75, 3.05) is 0 Å². The number of aromatic nitrogens is 3. The van der Waals surface area contributed by atoms with Crippen LogP contribution in [0.15, 0.2) is 121 Å². The fourth-order valence-corrected chi connectivity index (χ4v) is 4.45. The Balaban J connectivity index is 0.000000323. The minimum Gasteiger partial charge on any atom is -0.512 e. The van der Waals surface area contributed by atoms with Crippen molar-refractivity contribution in [1.82, 2.24) is 15.0 Å². The molecule has 6 rings (SSSR count). The molecule has 2 radical (unpaired) electrons. The van der Waals surface area contributed by atoms with Gasteiger partial charge in [-0.2, -0.15) is 0 Å². The number of fused-ring (bicyclic) bond motifs is 1. The first-order chi connectivity index (χ1) is 21.6. The second-order valence-corrected chi connectivity index (χ2v) is 9.99. The quantitative estimate of drug-likeness (QED) is 0.104. The molecular weight excluding hydrogens is 981 g/mol. The number of ketones is 1. The number of benzene rings is 2. The normalized spacial score (nSPS) is 9.83. The summed E-state index contributed by atoms with van der Waals surface area (Å²) in [7, 11) is 0. The van der Waals surface area contributed by atoms with Gasteiger partial charge in [0.2, 0.25) is 0 Å². The first-order valence-electron chi connectivity index (χ1n) is 13.3. The zero-order valence-electron chi connectivity index (χ0n) is 24.9. The fraction of sp³-hybridized carbons (Fsp3) is 0.0571. The number of carbonyl (C=O) groups excluding carboxylic acids is 1. The van der Waals surface area contributed by atoms with Crippen LogP contribution in [0.25, 0.3) is 31.9 Å². The SMILES string of the molecule is CC(=O)C=C(C)O.Fc1c[c-]c(-c2ccccn2)c(F)c1.O=C(O)c1ccccn1.[Ir].[Ir].[c-]1c(-c2ccccn2)sc2ccccc12. The van der Waals surface area contributed by atoms with Crippen LogP contribution in [0.4, 0.5) is 8.78 Å². The van der Waals surface area contributed by atoms with E-state index >= 15 is 0 Å². The number of pyridine rings is 3. The number of allylic oxidation sites excluding steroid dienone is 2. The van der Waals surface area contributed by atoms with E-state index in [2.05, 4.69) is 45.3 Å². The second-order valence-electron chi connectivity index (χ2n) is 8.94. The number of hydrogen-bond acceptors (Lipinski definition) is 7. The standard InChI is InChI=1S/C13H8NS.C11H6F2N.C6H5NO2.C5H8O2.2Ir/c1-2-7-12-10(5-1)9-13(15-12)11-6-3-4-8-14-11;12-8-4-5-9(10(13)7-8)11-3-1-2-6-14-11;8-6(9)5-3-1-2-4-7-5;1-4(6)3-5(2)7;;/h1-8H;1-4,6-7H;1-4H,(H,8,9);3,6H,1-2H3;;/q2*-1;;;;. The Morgan fingerprint density at radius 3 is 1.81 bits per heavy atom. The van der Waals surface area contributed by atoms with Gasteiger partial charge in [0.25, 0.3) is 0 Å². The zero-order valence-corrected chi connectivity index (χ0v) is 30.5. The van der Waals surface area contributed by atoms with Crippen LogP contribution in [0.3, 0.4) is 0 Å². The van der Waals surface area contributed by atoms with Gasteiger partial charge < -0.3 is 20.2 Å². The van der Waals surface area contributed by atoms with E-state index in [9.17, 15) is 18.4 Å². The van der Waals surface area contributed by atoms with Crippen molar-refractivity contribution in [2.24, 2.45) is 0 Å². The Bertz CT molecular complexity index is 1820. The number of aliphatic hydroxyl groups is 1. The topological polar surface area (TPSA) is 113 Å². The first kappa shape index (κ1) is 40.7. The van der Waals surface area contributed by atoms with Gasteiger partial charge in [0.05, 0.1) is 5.76 Å². The number of hydrogen-bond donors (Lipinski definition) is 2. The number of aromatic carboxylic acids is 1. The number of aliphatic hydroxyl groups excluding tert-OH is 1. The third kappa shape index (κ3) is 14.3. The molecule has 0 atom stereocenters. The predicted molar refractivity (Wildman–Crippen MR) is 171 cm³/mol. The van der Waals surface area contributed by atoms with Crippen LogP contribution in [-0.4, -0.2) is 36.9 Å². The second kappa shape index (κ2) is 21.5. The molecule has 7 nitrogen and oxygen atoms in total. The van der Waals surface area contributed by atoms with Crippen molar-refractivity contribution in [3.8, 4) is 21.8 Å². The third-order valence-corrected chi connectivity index (χ3v) is 6.41. The maximum atomic E-state index is 13.2. The van der Waals surface area contributed by atoms with E-state index < -0.39 is 17.6 Å².